The molecule has 0 unspecified atom stereocenters. The highest BCUT2D eigenvalue weighted by atomic mass is 32.2. The summed E-state index contributed by atoms with van der Waals surface area (Å²) in [5.41, 5.74) is 0.851. The molecule has 1 aliphatic carbocycles. The van der Waals surface area contributed by atoms with Gasteiger partial charge in [-0.25, -0.2) is 0 Å². The predicted molar refractivity (Wildman–Crippen MR) is 82.8 cm³/mol. The van der Waals surface area contributed by atoms with Gasteiger partial charge in [-0.3, -0.25) is 4.79 Å². The lowest BCUT2D eigenvalue weighted by molar-refractivity contribution is -0.122. The van der Waals surface area contributed by atoms with Gasteiger partial charge in [0, 0.05) is 17.9 Å². The monoisotopic (exact) mass is 293 g/mol. The molecule has 2 rings (SSSR count). The largest absolute Gasteiger partial charge is 0.387 e. The van der Waals surface area contributed by atoms with Crippen molar-refractivity contribution in [2.75, 3.05) is 12.8 Å². The summed E-state index contributed by atoms with van der Waals surface area (Å²) < 4.78 is 0. The second-order valence-corrected chi connectivity index (χ2v) is 6.33. The van der Waals surface area contributed by atoms with Crippen LogP contribution in [0, 0.1) is 5.92 Å². The molecule has 1 fully saturated rings. The first-order valence-electron chi connectivity index (χ1n) is 7.27. The van der Waals surface area contributed by atoms with Gasteiger partial charge in [-0.05, 0) is 42.7 Å². The van der Waals surface area contributed by atoms with Crippen molar-refractivity contribution in [3.05, 3.63) is 29.8 Å². The molecule has 0 saturated heterocycles. The van der Waals surface area contributed by atoms with E-state index in [0.29, 0.717) is 18.9 Å². The Labute approximate surface area is 125 Å². The summed E-state index contributed by atoms with van der Waals surface area (Å²) in [7, 11) is 0. The minimum Gasteiger partial charge on any atom is -0.387 e. The SMILES string of the molecule is CSc1ccc([C@H](O)CNC(=O)CC2CCCC2)cc1. The van der Waals surface area contributed by atoms with Gasteiger partial charge in [-0.2, -0.15) is 0 Å². The van der Waals surface area contributed by atoms with E-state index in [1.807, 2.05) is 30.5 Å². The Kier molecular flexibility index (Phi) is 5.92. The highest BCUT2D eigenvalue weighted by molar-refractivity contribution is 7.98. The van der Waals surface area contributed by atoms with Crippen molar-refractivity contribution < 1.29 is 9.90 Å². The Morgan fingerprint density at radius 2 is 2.00 bits per heavy atom. The van der Waals surface area contributed by atoms with Gasteiger partial charge in [0.25, 0.3) is 0 Å². The molecule has 20 heavy (non-hydrogen) atoms. The first kappa shape index (κ1) is 15.4. The summed E-state index contributed by atoms with van der Waals surface area (Å²) >= 11 is 1.67. The van der Waals surface area contributed by atoms with Crippen molar-refractivity contribution in [3.8, 4) is 0 Å². The first-order valence-corrected chi connectivity index (χ1v) is 8.50. The molecule has 0 aliphatic heterocycles. The summed E-state index contributed by atoms with van der Waals surface area (Å²) in [5, 5.41) is 12.9. The number of carbonyl (C=O) groups is 1. The Balaban J connectivity index is 1.75. The number of aliphatic hydroxyl groups is 1. The van der Waals surface area contributed by atoms with Gasteiger partial charge in [0.1, 0.15) is 0 Å². The van der Waals surface area contributed by atoms with Crippen LogP contribution in [0.3, 0.4) is 0 Å². The first-order chi connectivity index (χ1) is 9.69. The molecule has 1 aromatic carbocycles. The third-order valence-corrected chi connectivity index (χ3v) is 4.69. The van der Waals surface area contributed by atoms with Gasteiger partial charge in [-0.1, -0.05) is 25.0 Å². The molecule has 1 aromatic rings. The second-order valence-electron chi connectivity index (χ2n) is 5.45. The van der Waals surface area contributed by atoms with E-state index in [1.54, 1.807) is 11.8 Å². The van der Waals surface area contributed by atoms with E-state index in [0.717, 1.165) is 5.56 Å². The molecule has 110 valence electrons. The van der Waals surface area contributed by atoms with Crippen molar-refractivity contribution in [3.63, 3.8) is 0 Å². The highest BCUT2D eigenvalue weighted by Gasteiger charge is 2.18. The smallest absolute Gasteiger partial charge is 0.220 e. The number of amides is 1. The number of carbonyl (C=O) groups excluding carboxylic acids is 1. The molecule has 1 aliphatic rings. The average Bonchev–Trinajstić information content (AvgIpc) is 2.97. The summed E-state index contributed by atoms with van der Waals surface area (Å²) in [6, 6.07) is 7.81. The molecule has 4 heteroatoms. The molecule has 0 aromatic heterocycles. The highest BCUT2D eigenvalue weighted by Crippen LogP contribution is 2.27. The summed E-state index contributed by atoms with van der Waals surface area (Å²) in [6.45, 7) is 0.296. The van der Waals surface area contributed by atoms with E-state index < -0.39 is 6.10 Å². The number of aliphatic hydroxyl groups excluding tert-OH is 1. The minimum atomic E-state index is -0.626. The maximum absolute atomic E-state index is 11.8. The van der Waals surface area contributed by atoms with Crippen LogP contribution in [-0.2, 0) is 4.79 Å². The van der Waals surface area contributed by atoms with E-state index in [2.05, 4.69) is 5.32 Å². The minimum absolute atomic E-state index is 0.0664. The second kappa shape index (κ2) is 7.70. The zero-order chi connectivity index (χ0) is 14.4. The molecule has 0 heterocycles. The van der Waals surface area contributed by atoms with Gasteiger partial charge in [0.05, 0.1) is 6.10 Å². The molecule has 0 bridgehead atoms. The van der Waals surface area contributed by atoms with Crippen LogP contribution >= 0.6 is 11.8 Å². The van der Waals surface area contributed by atoms with Crippen LogP contribution in [-0.4, -0.2) is 23.8 Å². The van der Waals surface area contributed by atoms with Crippen LogP contribution < -0.4 is 5.32 Å². The molecule has 1 atom stereocenters. The van der Waals surface area contributed by atoms with Crippen molar-refractivity contribution >= 4 is 17.7 Å². The van der Waals surface area contributed by atoms with Crippen LogP contribution in [0.15, 0.2) is 29.2 Å². The predicted octanol–water partition coefficient (Wildman–Crippen LogP) is 3.14. The lowest BCUT2D eigenvalue weighted by atomic mass is 10.0. The number of hydrogen-bond acceptors (Lipinski definition) is 3. The topological polar surface area (TPSA) is 49.3 Å². The summed E-state index contributed by atoms with van der Waals surface area (Å²) in [6.07, 6.45) is 6.86. The van der Waals surface area contributed by atoms with Gasteiger partial charge in [0.2, 0.25) is 5.91 Å². The fourth-order valence-electron chi connectivity index (χ4n) is 2.70. The van der Waals surface area contributed by atoms with Crippen LogP contribution in [0.4, 0.5) is 0 Å². The summed E-state index contributed by atoms with van der Waals surface area (Å²) in [5.74, 6) is 0.615. The number of benzene rings is 1. The molecule has 1 amide bonds. The van der Waals surface area contributed by atoms with Crippen LogP contribution in [0.25, 0.3) is 0 Å². The van der Waals surface area contributed by atoms with Crippen molar-refractivity contribution in [2.45, 2.75) is 43.1 Å². The number of nitrogens with one attached hydrogen (secondary N) is 1. The molecular weight excluding hydrogens is 270 g/mol. The maximum atomic E-state index is 11.8. The molecule has 3 nitrogen and oxygen atoms in total. The van der Waals surface area contributed by atoms with Gasteiger partial charge >= 0.3 is 0 Å². The molecular formula is C16H23NO2S. The number of hydrogen-bond donors (Lipinski definition) is 2. The van der Waals surface area contributed by atoms with E-state index in [9.17, 15) is 9.90 Å². The Bertz CT molecular complexity index is 427. The fourth-order valence-corrected chi connectivity index (χ4v) is 3.11. The lowest BCUT2D eigenvalue weighted by Crippen LogP contribution is -2.29. The zero-order valence-corrected chi connectivity index (χ0v) is 12.8. The molecule has 0 radical (unpaired) electrons. The van der Waals surface area contributed by atoms with Crippen LogP contribution in [0.2, 0.25) is 0 Å². The van der Waals surface area contributed by atoms with Crippen molar-refractivity contribution in [1.82, 2.24) is 5.32 Å². The average molecular weight is 293 g/mol. The van der Waals surface area contributed by atoms with E-state index in [4.69, 9.17) is 0 Å². The van der Waals surface area contributed by atoms with Crippen molar-refractivity contribution in [2.24, 2.45) is 5.92 Å². The van der Waals surface area contributed by atoms with E-state index in [1.165, 1.54) is 30.6 Å². The summed E-state index contributed by atoms with van der Waals surface area (Å²) in [4.78, 5) is 13.0. The molecule has 2 N–H and O–H groups in total. The number of rotatable bonds is 6. The number of thioether (sulfide) groups is 1. The van der Waals surface area contributed by atoms with Gasteiger partial charge in [0.15, 0.2) is 0 Å². The third-order valence-electron chi connectivity index (χ3n) is 3.94. The third kappa shape index (κ3) is 4.53. The van der Waals surface area contributed by atoms with Gasteiger partial charge in [-0.15, -0.1) is 11.8 Å². The zero-order valence-electron chi connectivity index (χ0n) is 12.0. The molecule has 1 saturated carbocycles. The van der Waals surface area contributed by atoms with Crippen molar-refractivity contribution in [1.29, 1.82) is 0 Å². The normalized spacial score (nSPS) is 17.1. The van der Waals surface area contributed by atoms with Crippen LogP contribution in [0.1, 0.15) is 43.8 Å². The lowest BCUT2D eigenvalue weighted by Gasteiger charge is -2.14. The Morgan fingerprint density at radius 3 is 2.60 bits per heavy atom. The Morgan fingerprint density at radius 1 is 1.35 bits per heavy atom. The quantitative estimate of drug-likeness (QED) is 0.792. The Hall–Kier alpha value is -1.00. The standard InChI is InChI=1S/C16H23NO2S/c1-20-14-8-6-13(7-9-14)15(18)11-17-16(19)10-12-4-2-3-5-12/h6-9,12,15,18H,2-5,10-11H2,1H3,(H,17,19)/t15-/m1/s1. The van der Waals surface area contributed by atoms with Gasteiger partial charge < -0.3 is 10.4 Å². The van der Waals surface area contributed by atoms with Crippen LogP contribution in [0.5, 0.6) is 0 Å². The fraction of sp³-hybridized carbons (Fsp3) is 0.562. The van der Waals surface area contributed by atoms with E-state index in [-0.39, 0.29) is 5.91 Å². The molecule has 0 spiro atoms. The maximum Gasteiger partial charge on any atom is 0.220 e. The van der Waals surface area contributed by atoms with E-state index >= 15 is 0 Å².